The van der Waals surface area contributed by atoms with Gasteiger partial charge in [0.1, 0.15) is 0 Å². The van der Waals surface area contributed by atoms with Gasteiger partial charge >= 0.3 is 5.76 Å². The molecule has 0 aliphatic heterocycles. The third kappa shape index (κ3) is 2.90. The second-order valence-electron chi connectivity index (χ2n) is 2.69. The van der Waals surface area contributed by atoms with Crippen LogP contribution in [0, 0.1) is 0 Å². The molecule has 74 valence electrons. The summed E-state index contributed by atoms with van der Waals surface area (Å²) >= 11 is 0. The van der Waals surface area contributed by atoms with Gasteiger partial charge in [-0.15, -0.1) is 0 Å². The van der Waals surface area contributed by atoms with Crippen LogP contribution in [0.1, 0.15) is 6.42 Å². The molecule has 0 aliphatic carbocycles. The lowest BCUT2D eigenvalue weighted by molar-refractivity contribution is 0.196. The molecular weight excluding hydrogens is 174 g/mol. The molecule has 0 saturated carbocycles. The first-order valence-corrected chi connectivity index (χ1v) is 4.00. The van der Waals surface area contributed by atoms with Gasteiger partial charge in [0.25, 0.3) is 0 Å². The van der Waals surface area contributed by atoms with Crippen LogP contribution in [0.5, 0.6) is 0 Å². The van der Waals surface area contributed by atoms with Crippen molar-refractivity contribution in [3.63, 3.8) is 0 Å². The second kappa shape index (κ2) is 4.66. The number of anilines is 1. The fraction of sp³-hybridized carbons (Fsp3) is 0.714. The lowest BCUT2D eigenvalue weighted by Crippen LogP contribution is -2.21. The number of ether oxygens (including phenoxy) is 1. The first-order chi connectivity index (χ1) is 6.24. The van der Waals surface area contributed by atoms with Gasteiger partial charge in [0.2, 0.25) is 5.95 Å². The summed E-state index contributed by atoms with van der Waals surface area (Å²) in [5.74, 6) is -0.0882. The number of methoxy groups -OCH3 is 1. The number of nitrogens with zero attached hydrogens (tertiary/aromatic N) is 2. The van der Waals surface area contributed by atoms with Crippen LogP contribution >= 0.6 is 0 Å². The summed E-state index contributed by atoms with van der Waals surface area (Å²) in [6.45, 7) is 1.45. The SMILES string of the molecule is COCCCN(C)c1noc(=O)[nH]1. The zero-order valence-corrected chi connectivity index (χ0v) is 7.74. The molecule has 1 aromatic heterocycles. The van der Waals surface area contributed by atoms with Gasteiger partial charge in [0.15, 0.2) is 0 Å². The van der Waals surface area contributed by atoms with Crippen molar-refractivity contribution < 1.29 is 9.26 Å². The van der Waals surface area contributed by atoms with E-state index in [1.54, 1.807) is 12.0 Å². The maximum atomic E-state index is 10.6. The molecule has 6 nitrogen and oxygen atoms in total. The Morgan fingerprint density at radius 2 is 2.46 bits per heavy atom. The summed E-state index contributed by atoms with van der Waals surface area (Å²) in [5, 5.41) is 3.54. The van der Waals surface area contributed by atoms with E-state index in [2.05, 4.69) is 14.7 Å². The minimum atomic E-state index is -0.534. The van der Waals surface area contributed by atoms with Gasteiger partial charge in [-0.2, -0.15) is 0 Å². The van der Waals surface area contributed by atoms with Crippen molar-refractivity contribution in [1.82, 2.24) is 10.1 Å². The molecule has 0 radical (unpaired) electrons. The Morgan fingerprint density at radius 1 is 1.69 bits per heavy atom. The Hall–Kier alpha value is -1.30. The Morgan fingerprint density at radius 3 is 3.00 bits per heavy atom. The van der Waals surface area contributed by atoms with Crippen molar-refractivity contribution in [3.8, 4) is 0 Å². The topological polar surface area (TPSA) is 71.4 Å². The minimum Gasteiger partial charge on any atom is -0.385 e. The molecule has 0 fully saturated rings. The molecule has 6 heteroatoms. The zero-order valence-electron chi connectivity index (χ0n) is 7.74. The predicted octanol–water partition coefficient (Wildman–Crippen LogP) is -0.164. The normalized spacial score (nSPS) is 10.3. The molecule has 1 heterocycles. The van der Waals surface area contributed by atoms with Crippen molar-refractivity contribution >= 4 is 5.95 Å². The largest absolute Gasteiger partial charge is 0.440 e. The molecule has 0 spiro atoms. The molecule has 0 amide bonds. The number of hydrogen-bond donors (Lipinski definition) is 1. The van der Waals surface area contributed by atoms with Crippen LogP contribution < -0.4 is 10.7 Å². The number of rotatable bonds is 5. The van der Waals surface area contributed by atoms with E-state index in [9.17, 15) is 4.79 Å². The van der Waals surface area contributed by atoms with Crippen molar-refractivity contribution in [1.29, 1.82) is 0 Å². The highest BCUT2D eigenvalue weighted by Gasteiger charge is 2.05. The van der Waals surface area contributed by atoms with E-state index in [1.807, 2.05) is 7.05 Å². The van der Waals surface area contributed by atoms with Gasteiger partial charge in [-0.25, -0.2) is 4.79 Å². The van der Waals surface area contributed by atoms with Gasteiger partial charge < -0.3 is 9.64 Å². The van der Waals surface area contributed by atoms with E-state index in [-0.39, 0.29) is 0 Å². The summed E-state index contributed by atoms with van der Waals surface area (Å²) in [6.07, 6.45) is 0.877. The van der Waals surface area contributed by atoms with E-state index >= 15 is 0 Å². The Labute approximate surface area is 75.5 Å². The average Bonchev–Trinajstić information content (AvgIpc) is 2.52. The van der Waals surface area contributed by atoms with E-state index in [0.29, 0.717) is 12.6 Å². The molecule has 1 aromatic rings. The average molecular weight is 187 g/mol. The monoisotopic (exact) mass is 187 g/mol. The third-order valence-corrected chi connectivity index (χ3v) is 1.63. The summed E-state index contributed by atoms with van der Waals surface area (Å²) in [4.78, 5) is 14.8. The second-order valence-corrected chi connectivity index (χ2v) is 2.69. The highest BCUT2D eigenvalue weighted by atomic mass is 16.5. The van der Waals surface area contributed by atoms with Crippen LogP contribution in [0.3, 0.4) is 0 Å². The smallest absolute Gasteiger partial charge is 0.385 e. The van der Waals surface area contributed by atoms with E-state index < -0.39 is 5.76 Å². The predicted molar refractivity (Wildman–Crippen MR) is 46.9 cm³/mol. The van der Waals surface area contributed by atoms with Crippen molar-refractivity contribution in [2.75, 3.05) is 32.2 Å². The van der Waals surface area contributed by atoms with Gasteiger partial charge in [-0.1, -0.05) is 0 Å². The molecule has 0 atom stereocenters. The Kier molecular flexibility index (Phi) is 3.51. The maximum absolute atomic E-state index is 10.6. The summed E-state index contributed by atoms with van der Waals surface area (Å²) < 4.78 is 9.25. The van der Waals surface area contributed by atoms with E-state index in [1.165, 1.54) is 0 Å². The van der Waals surface area contributed by atoms with Crippen LogP contribution in [0.15, 0.2) is 9.32 Å². The number of aromatic amines is 1. The standard InChI is InChI=1S/C7H13N3O3/c1-10(4-3-5-12-2)6-8-7(11)13-9-6/h3-5H2,1-2H3,(H,8,9,11). The molecule has 1 rings (SSSR count). The Balaban J connectivity index is 2.39. The van der Waals surface area contributed by atoms with Crippen LogP contribution in [0.4, 0.5) is 5.95 Å². The quantitative estimate of drug-likeness (QED) is 0.648. The first-order valence-electron chi connectivity index (χ1n) is 4.00. The van der Waals surface area contributed by atoms with E-state index in [4.69, 9.17) is 4.74 Å². The van der Waals surface area contributed by atoms with Crippen molar-refractivity contribution in [2.45, 2.75) is 6.42 Å². The maximum Gasteiger partial charge on any atom is 0.440 e. The highest BCUT2D eigenvalue weighted by molar-refractivity contribution is 5.23. The zero-order chi connectivity index (χ0) is 9.68. The molecule has 0 aliphatic rings. The summed E-state index contributed by atoms with van der Waals surface area (Å²) in [6, 6.07) is 0. The molecule has 1 N–H and O–H groups in total. The molecule has 0 saturated heterocycles. The fourth-order valence-corrected chi connectivity index (χ4v) is 0.939. The van der Waals surface area contributed by atoms with Gasteiger partial charge in [0, 0.05) is 27.3 Å². The number of aromatic nitrogens is 2. The number of H-pyrrole nitrogens is 1. The fourth-order valence-electron chi connectivity index (χ4n) is 0.939. The Bertz CT molecular complexity index is 293. The van der Waals surface area contributed by atoms with Crippen LogP contribution in [-0.2, 0) is 4.74 Å². The summed E-state index contributed by atoms with van der Waals surface area (Å²) in [7, 11) is 3.47. The van der Waals surface area contributed by atoms with Gasteiger partial charge in [-0.05, 0) is 11.6 Å². The van der Waals surface area contributed by atoms with Crippen molar-refractivity contribution in [3.05, 3.63) is 10.6 Å². The van der Waals surface area contributed by atoms with E-state index in [0.717, 1.165) is 13.0 Å². The van der Waals surface area contributed by atoms with Gasteiger partial charge in [-0.3, -0.25) is 9.51 Å². The number of nitrogens with one attached hydrogen (secondary N) is 1. The van der Waals surface area contributed by atoms with Gasteiger partial charge in [0.05, 0.1) is 0 Å². The molecule has 0 bridgehead atoms. The highest BCUT2D eigenvalue weighted by Crippen LogP contribution is 2.00. The lowest BCUT2D eigenvalue weighted by atomic mass is 10.4. The lowest BCUT2D eigenvalue weighted by Gasteiger charge is -2.13. The van der Waals surface area contributed by atoms with Crippen molar-refractivity contribution in [2.24, 2.45) is 0 Å². The minimum absolute atomic E-state index is 0.445. The van der Waals surface area contributed by atoms with Crippen LogP contribution in [0.25, 0.3) is 0 Å². The molecule has 0 aromatic carbocycles. The number of hydrogen-bond acceptors (Lipinski definition) is 5. The first kappa shape index (κ1) is 9.79. The molecule has 0 unspecified atom stereocenters. The summed E-state index contributed by atoms with van der Waals surface area (Å²) in [5.41, 5.74) is 0. The molecule has 13 heavy (non-hydrogen) atoms. The molecular formula is C7H13N3O3. The van der Waals surface area contributed by atoms with Crippen LogP contribution in [-0.4, -0.2) is 37.4 Å². The van der Waals surface area contributed by atoms with Crippen LogP contribution in [0.2, 0.25) is 0 Å². The third-order valence-electron chi connectivity index (χ3n) is 1.63.